The number of hydrogen-bond donors (Lipinski definition) is 4. The normalized spacial score (nSPS) is 37.3. The number of anilines is 3. The molecule has 1 aromatic rings. The van der Waals surface area contributed by atoms with E-state index in [0.717, 1.165) is 0 Å². The molecular formula is C12H20N5O6PS. The zero-order valence-electron chi connectivity index (χ0n) is 13.5. The fourth-order valence-electron chi connectivity index (χ4n) is 3.32. The van der Waals surface area contributed by atoms with Crippen LogP contribution in [-0.4, -0.2) is 69.8 Å². The van der Waals surface area contributed by atoms with Crippen LogP contribution in [0, 0.1) is 0 Å². The molecule has 2 saturated heterocycles. The minimum atomic E-state index is -4.15. The van der Waals surface area contributed by atoms with E-state index in [1.807, 2.05) is 11.2 Å². The van der Waals surface area contributed by atoms with Crippen molar-refractivity contribution in [2.75, 3.05) is 35.9 Å². The summed E-state index contributed by atoms with van der Waals surface area (Å²) in [5, 5.41) is 3.26. The SMILES string of the molecule is CO[C@@H]1[C@H](N2c3ncnc(N)c3NC2SC)OC2CO[PH](O)(O)O[C@@H]21. The predicted molar refractivity (Wildman–Crippen MR) is 92.9 cm³/mol. The average molecular weight is 393 g/mol. The third kappa shape index (κ3) is 2.82. The van der Waals surface area contributed by atoms with Crippen molar-refractivity contribution in [3.05, 3.63) is 6.33 Å². The molecule has 4 rings (SSSR count). The molecule has 2 fully saturated rings. The van der Waals surface area contributed by atoms with Gasteiger partial charge in [0, 0.05) is 0 Å². The van der Waals surface area contributed by atoms with Crippen molar-refractivity contribution in [3.63, 3.8) is 0 Å². The van der Waals surface area contributed by atoms with E-state index in [9.17, 15) is 9.79 Å². The molecule has 5 N–H and O–H groups in total. The van der Waals surface area contributed by atoms with E-state index in [2.05, 4.69) is 15.3 Å². The van der Waals surface area contributed by atoms with Crippen molar-refractivity contribution < 1.29 is 28.3 Å². The van der Waals surface area contributed by atoms with E-state index in [-0.39, 0.29) is 12.1 Å². The molecule has 5 atom stereocenters. The van der Waals surface area contributed by atoms with Gasteiger partial charge in [-0.3, -0.25) is 0 Å². The predicted octanol–water partition coefficient (Wildman–Crippen LogP) is -0.513. The van der Waals surface area contributed by atoms with E-state index in [1.165, 1.54) is 25.2 Å². The third-order valence-corrected chi connectivity index (χ3v) is 6.32. The number of hydrogen-bond acceptors (Lipinski definition) is 12. The van der Waals surface area contributed by atoms with Crippen molar-refractivity contribution in [1.82, 2.24) is 9.97 Å². The Balaban J connectivity index is 1.68. The first-order chi connectivity index (χ1) is 11.9. The molecule has 2 unspecified atom stereocenters. The van der Waals surface area contributed by atoms with Crippen LogP contribution < -0.4 is 16.0 Å². The number of nitrogen functional groups attached to an aromatic ring is 1. The van der Waals surface area contributed by atoms with Crippen LogP contribution in [0.1, 0.15) is 0 Å². The van der Waals surface area contributed by atoms with Gasteiger partial charge in [0.15, 0.2) is 0 Å². The summed E-state index contributed by atoms with van der Waals surface area (Å²) in [5.41, 5.74) is 6.36. The first-order valence-electron chi connectivity index (χ1n) is 7.58. The van der Waals surface area contributed by atoms with Crippen LogP contribution >= 0.6 is 19.9 Å². The van der Waals surface area contributed by atoms with E-state index in [1.54, 1.807) is 0 Å². The average Bonchev–Trinajstić information content (AvgIpc) is 3.11. The number of aromatic nitrogens is 2. The molecule has 13 heteroatoms. The zero-order valence-corrected chi connectivity index (χ0v) is 15.3. The molecule has 0 aliphatic carbocycles. The first-order valence-corrected chi connectivity index (χ1v) is 10.6. The molecule has 0 saturated carbocycles. The summed E-state index contributed by atoms with van der Waals surface area (Å²) in [5.74, 6) is 0.933. The molecule has 4 heterocycles. The number of nitrogens with zero attached hydrogens (tertiary/aromatic N) is 3. The van der Waals surface area contributed by atoms with Crippen LogP contribution in [0.15, 0.2) is 6.33 Å². The van der Waals surface area contributed by atoms with Crippen LogP contribution in [-0.2, 0) is 18.5 Å². The second kappa shape index (κ2) is 6.32. The maximum atomic E-state index is 9.75. The van der Waals surface area contributed by atoms with Crippen LogP contribution in [0.25, 0.3) is 0 Å². The standard InChI is InChI=1S/C12H20N5O6PS/c1-20-8-7-5(3-21-24(18,19)23-7)22-11(8)17-10-6(16-12(17)25-2)9(13)14-4-15-10/h4-5,7-8,11-12,16,18-19,24H,3H2,1-2H3,(H2,13,14,15)/t5?,7-,8-,11+,12?/m0/s1. The van der Waals surface area contributed by atoms with Gasteiger partial charge >= 0.3 is 148 Å². The number of nitrogens with two attached hydrogens (primary N) is 1. The summed E-state index contributed by atoms with van der Waals surface area (Å²) >= 11 is 1.53. The van der Waals surface area contributed by atoms with Crippen LogP contribution in [0.2, 0.25) is 0 Å². The molecule has 0 spiro atoms. The molecule has 11 nitrogen and oxygen atoms in total. The summed E-state index contributed by atoms with van der Waals surface area (Å²) in [6, 6.07) is 0. The first kappa shape index (κ1) is 17.4. The molecule has 25 heavy (non-hydrogen) atoms. The zero-order chi connectivity index (χ0) is 17.8. The summed E-state index contributed by atoms with van der Waals surface area (Å²) in [6.07, 6.45) is 1.03. The Morgan fingerprint density at radius 2 is 2.28 bits per heavy atom. The Kier molecular flexibility index (Phi) is 4.41. The summed E-state index contributed by atoms with van der Waals surface area (Å²) < 4.78 is 22.0. The fraction of sp³-hybridized carbons (Fsp3) is 0.667. The molecular weight excluding hydrogens is 373 g/mol. The van der Waals surface area contributed by atoms with Gasteiger partial charge in [0.05, 0.1) is 0 Å². The maximum absolute atomic E-state index is 9.75. The Morgan fingerprint density at radius 1 is 1.48 bits per heavy atom. The van der Waals surface area contributed by atoms with Gasteiger partial charge in [-0.2, -0.15) is 0 Å². The van der Waals surface area contributed by atoms with Crippen molar-refractivity contribution in [2.24, 2.45) is 0 Å². The van der Waals surface area contributed by atoms with E-state index in [0.29, 0.717) is 17.3 Å². The van der Waals surface area contributed by atoms with Crippen LogP contribution in [0.3, 0.4) is 0 Å². The second-order valence-corrected chi connectivity index (χ2v) is 8.34. The van der Waals surface area contributed by atoms with Crippen molar-refractivity contribution in [3.8, 4) is 0 Å². The Hall–Kier alpha value is -0.980. The monoisotopic (exact) mass is 393 g/mol. The van der Waals surface area contributed by atoms with E-state index in [4.69, 9.17) is 24.3 Å². The third-order valence-electron chi connectivity index (χ3n) is 4.40. The molecule has 140 valence electrons. The van der Waals surface area contributed by atoms with Gasteiger partial charge < -0.3 is 0 Å². The molecule has 0 aromatic carbocycles. The fourth-order valence-corrected chi connectivity index (χ4v) is 5.09. The molecule has 1 aromatic heterocycles. The minimum absolute atomic E-state index is 0.0181. The van der Waals surface area contributed by atoms with Crippen LogP contribution in [0.5, 0.6) is 0 Å². The molecule has 3 aliphatic rings. The summed E-state index contributed by atoms with van der Waals surface area (Å²) in [4.78, 5) is 29.7. The second-order valence-electron chi connectivity index (χ2n) is 5.80. The van der Waals surface area contributed by atoms with Crippen molar-refractivity contribution >= 4 is 37.3 Å². The summed E-state index contributed by atoms with van der Waals surface area (Å²) in [6.45, 7) is 0.0181. The molecule has 0 bridgehead atoms. The molecule has 0 radical (unpaired) electrons. The van der Waals surface area contributed by atoms with Crippen molar-refractivity contribution in [2.45, 2.75) is 30.0 Å². The number of thioether (sulfide) groups is 1. The Morgan fingerprint density at radius 3 is 3.00 bits per heavy atom. The van der Waals surface area contributed by atoms with Gasteiger partial charge in [0.1, 0.15) is 0 Å². The van der Waals surface area contributed by atoms with E-state index >= 15 is 0 Å². The number of methoxy groups -OCH3 is 1. The quantitative estimate of drug-likeness (QED) is 0.491. The topological polar surface area (TPSA) is 144 Å². The van der Waals surface area contributed by atoms with Gasteiger partial charge in [-0.25, -0.2) is 0 Å². The van der Waals surface area contributed by atoms with Gasteiger partial charge in [0.2, 0.25) is 0 Å². The number of rotatable bonds is 3. The van der Waals surface area contributed by atoms with E-state index < -0.39 is 32.7 Å². The number of nitrogens with one attached hydrogen (secondary N) is 1. The number of fused-ring (bicyclic) bond motifs is 2. The molecule has 0 amide bonds. The van der Waals surface area contributed by atoms with Crippen LogP contribution in [0.4, 0.5) is 17.3 Å². The van der Waals surface area contributed by atoms with Crippen molar-refractivity contribution in [1.29, 1.82) is 0 Å². The van der Waals surface area contributed by atoms with Gasteiger partial charge in [-0.05, 0) is 0 Å². The Labute approximate surface area is 148 Å². The van der Waals surface area contributed by atoms with Gasteiger partial charge in [0.25, 0.3) is 0 Å². The van der Waals surface area contributed by atoms with Gasteiger partial charge in [-0.1, -0.05) is 0 Å². The molecule has 3 aliphatic heterocycles. The van der Waals surface area contributed by atoms with Gasteiger partial charge in [-0.15, -0.1) is 0 Å². The summed E-state index contributed by atoms with van der Waals surface area (Å²) in [7, 11) is -2.63. The number of ether oxygens (including phenoxy) is 2. The Bertz CT molecular complexity index is 671.